The summed E-state index contributed by atoms with van der Waals surface area (Å²) in [6.07, 6.45) is 3.48. The summed E-state index contributed by atoms with van der Waals surface area (Å²) in [6, 6.07) is 0.302. The normalized spacial score (nSPS) is 13.1. The van der Waals surface area contributed by atoms with Gasteiger partial charge in [0.05, 0.1) is 12.9 Å². The van der Waals surface area contributed by atoms with Crippen molar-refractivity contribution in [3.8, 4) is 0 Å². The van der Waals surface area contributed by atoms with Gasteiger partial charge in [-0.3, -0.25) is 0 Å². The summed E-state index contributed by atoms with van der Waals surface area (Å²) in [4.78, 5) is 17.8. The van der Waals surface area contributed by atoms with Gasteiger partial charge >= 0.3 is 5.97 Å². The zero-order valence-corrected chi connectivity index (χ0v) is 11.9. The second-order valence-corrected chi connectivity index (χ2v) is 5.00. The lowest BCUT2D eigenvalue weighted by molar-refractivity contribution is 0.0520. The molecule has 0 fully saturated rings. The molecular weight excluding hydrogens is 230 g/mol. The summed E-state index contributed by atoms with van der Waals surface area (Å²) in [6.45, 7) is 7.40. The lowest BCUT2D eigenvalue weighted by Gasteiger charge is -2.25. The highest BCUT2D eigenvalue weighted by molar-refractivity contribution is 5.86. The lowest BCUT2D eigenvalue weighted by atomic mass is 10.0. The zero-order chi connectivity index (χ0) is 13.7. The average Bonchev–Trinajstić information content (AvgIpc) is 2.74. The van der Waals surface area contributed by atoms with E-state index in [-0.39, 0.29) is 5.97 Å². The van der Waals surface area contributed by atoms with E-state index in [4.69, 9.17) is 4.74 Å². The van der Waals surface area contributed by atoms with Crippen LogP contribution in [0.25, 0.3) is 0 Å². The van der Waals surface area contributed by atoms with Gasteiger partial charge < -0.3 is 14.2 Å². The number of aromatic nitrogens is 2. The number of rotatable bonds is 6. The SMILES string of the molecule is CCOC(=O)c1cn(C(CN(C)C)C(C)C)cn1. The highest BCUT2D eigenvalue weighted by Gasteiger charge is 2.19. The average molecular weight is 253 g/mol. The number of carbonyl (C=O) groups is 1. The minimum Gasteiger partial charge on any atom is -0.461 e. The van der Waals surface area contributed by atoms with Crippen molar-refractivity contribution in [2.24, 2.45) is 5.92 Å². The molecule has 1 unspecified atom stereocenters. The molecule has 5 nitrogen and oxygen atoms in total. The molecule has 1 atom stereocenters. The first-order valence-corrected chi connectivity index (χ1v) is 6.31. The summed E-state index contributed by atoms with van der Waals surface area (Å²) in [5.41, 5.74) is 0.376. The van der Waals surface area contributed by atoms with Crippen LogP contribution in [0.3, 0.4) is 0 Å². The van der Waals surface area contributed by atoms with Crippen molar-refractivity contribution >= 4 is 5.97 Å². The minimum absolute atomic E-state index is 0.302. The fourth-order valence-corrected chi connectivity index (χ4v) is 1.85. The molecule has 1 heterocycles. The van der Waals surface area contributed by atoms with Crippen molar-refractivity contribution in [3.05, 3.63) is 18.2 Å². The largest absolute Gasteiger partial charge is 0.461 e. The number of likely N-dealkylation sites (N-methyl/N-ethyl adjacent to an activating group) is 1. The van der Waals surface area contributed by atoms with Gasteiger partial charge in [0.2, 0.25) is 0 Å². The molecule has 0 aromatic carbocycles. The van der Waals surface area contributed by atoms with Crippen molar-refractivity contribution < 1.29 is 9.53 Å². The van der Waals surface area contributed by atoms with Crippen molar-refractivity contribution in [1.29, 1.82) is 0 Å². The zero-order valence-electron chi connectivity index (χ0n) is 11.9. The van der Waals surface area contributed by atoms with E-state index in [0.717, 1.165) is 6.54 Å². The molecule has 1 aromatic rings. The molecule has 0 bridgehead atoms. The Hall–Kier alpha value is -1.36. The van der Waals surface area contributed by atoms with Gasteiger partial charge in [-0.25, -0.2) is 9.78 Å². The van der Waals surface area contributed by atoms with Crippen LogP contribution in [0, 0.1) is 5.92 Å². The second-order valence-electron chi connectivity index (χ2n) is 5.00. The Balaban J connectivity index is 2.84. The molecular formula is C13H23N3O2. The molecule has 1 aromatic heterocycles. The Kier molecular flexibility index (Phi) is 5.34. The Morgan fingerprint density at radius 1 is 1.50 bits per heavy atom. The highest BCUT2D eigenvalue weighted by atomic mass is 16.5. The Morgan fingerprint density at radius 3 is 2.67 bits per heavy atom. The molecule has 0 aliphatic carbocycles. The van der Waals surface area contributed by atoms with E-state index in [9.17, 15) is 4.79 Å². The Morgan fingerprint density at radius 2 is 2.17 bits per heavy atom. The molecule has 0 N–H and O–H groups in total. The van der Waals surface area contributed by atoms with Gasteiger partial charge in [0.1, 0.15) is 0 Å². The number of hydrogen-bond acceptors (Lipinski definition) is 4. The number of hydrogen-bond donors (Lipinski definition) is 0. The van der Waals surface area contributed by atoms with Gasteiger partial charge in [0.15, 0.2) is 5.69 Å². The Labute approximate surface area is 109 Å². The number of nitrogens with zero attached hydrogens (tertiary/aromatic N) is 3. The van der Waals surface area contributed by atoms with Crippen molar-refractivity contribution in [2.45, 2.75) is 26.8 Å². The molecule has 5 heteroatoms. The van der Waals surface area contributed by atoms with Crippen LogP contribution in [0.5, 0.6) is 0 Å². The molecule has 102 valence electrons. The summed E-state index contributed by atoms with van der Waals surface area (Å²) >= 11 is 0. The van der Waals surface area contributed by atoms with Crippen LogP contribution in [0.1, 0.15) is 37.3 Å². The van der Waals surface area contributed by atoms with Gasteiger partial charge in [0.25, 0.3) is 0 Å². The maximum absolute atomic E-state index is 11.6. The van der Waals surface area contributed by atoms with E-state index in [0.29, 0.717) is 24.3 Å². The molecule has 0 radical (unpaired) electrons. The van der Waals surface area contributed by atoms with E-state index in [2.05, 4.69) is 23.7 Å². The predicted octanol–water partition coefficient (Wildman–Crippen LogP) is 1.82. The van der Waals surface area contributed by atoms with E-state index in [1.165, 1.54) is 0 Å². The monoisotopic (exact) mass is 253 g/mol. The molecule has 1 rings (SSSR count). The third kappa shape index (κ3) is 3.84. The van der Waals surface area contributed by atoms with Crippen molar-refractivity contribution in [1.82, 2.24) is 14.5 Å². The first-order valence-electron chi connectivity index (χ1n) is 6.31. The maximum Gasteiger partial charge on any atom is 0.358 e. The van der Waals surface area contributed by atoms with Crippen molar-refractivity contribution in [2.75, 3.05) is 27.2 Å². The summed E-state index contributed by atoms with van der Waals surface area (Å²) < 4.78 is 6.93. The Bertz CT molecular complexity index is 385. The predicted molar refractivity (Wildman–Crippen MR) is 70.6 cm³/mol. The molecule has 0 aliphatic heterocycles. The van der Waals surface area contributed by atoms with E-state index < -0.39 is 0 Å². The van der Waals surface area contributed by atoms with Crippen LogP contribution in [0.2, 0.25) is 0 Å². The fourth-order valence-electron chi connectivity index (χ4n) is 1.85. The van der Waals surface area contributed by atoms with Gasteiger partial charge in [-0.05, 0) is 26.9 Å². The summed E-state index contributed by atoms with van der Waals surface area (Å²) in [5, 5.41) is 0. The second kappa shape index (κ2) is 6.54. The van der Waals surface area contributed by atoms with Crippen LogP contribution in [0.15, 0.2) is 12.5 Å². The van der Waals surface area contributed by atoms with Gasteiger partial charge in [-0.2, -0.15) is 0 Å². The first kappa shape index (κ1) is 14.7. The van der Waals surface area contributed by atoms with Crippen LogP contribution in [-0.2, 0) is 4.74 Å². The fraction of sp³-hybridized carbons (Fsp3) is 0.692. The van der Waals surface area contributed by atoms with Gasteiger partial charge in [-0.15, -0.1) is 0 Å². The number of esters is 1. The quantitative estimate of drug-likeness (QED) is 0.726. The van der Waals surface area contributed by atoms with Gasteiger partial charge in [-0.1, -0.05) is 13.8 Å². The smallest absolute Gasteiger partial charge is 0.358 e. The first-order chi connectivity index (χ1) is 8.45. The van der Waals surface area contributed by atoms with E-state index in [1.807, 2.05) is 18.7 Å². The van der Waals surface area contributed by atoms with Crippen LogP contribution >= 0.6 is 0 Å². The van der Waals surface area contributed by atoms with Crippen LogP contribution < -0.4 is 0 Å². The van der Waals surface area contributed by atoms with Crippen molar-refractivity contribution in [3.63, 3.8) is 0 Å². The molecule has 0 amide bonds. The third-order valence-electron chi connectivity index (χ3n) is 2.79. The summed E-state index contributed by atoms with van der Waals surface area (Å²) in [5.74, 6) is 0.111. The van der Waals surface area contributed by atoms with E-state index in [1.54, 1.807) is 19.4 Å². The topological polar surface area (TPSA) is 47.4 Å². The van der Waals surface area contributed by atoms with Crippen LogP contribution in [0.4, 0.5) is 0 Å². The highest BCUT2D eigenvalue weighted by Crippen LogP contribution is 2.18. The molecule has 0 spiro atoms. The van der Waals surface area contributed by atoms with E-state index >= 15 is 0 Å². The molecule has 0 aliphatic rings. The third-order valence-corrected chi connectivity index (χ3v) is 2.79. The standard InChI is InChI=1S/C13H23N3O2/c1-6-18-13(17)11-7-16(9-14-11)12(10(2)3)8-15(4)5/h7,9-10,12H,6,8H2,1-5H3. The summed E-state index contributed by atoms with van der Waals surface area (Å²) in [7, 11) is 4.08. The number of ether oxygens (including phenoxy) is 1. The number of imidazole rings is 1. The minimum atomic E-state index is -0.358. The van der Waals surface area contributed by atoms with Crippen LogP contribution in [-0.4, -0.2) is 47.7 Å². The van der Waals surface area contributed by atoms with Gasteiger partial charge in [0, 0.05) is 18.8 Å². The molecule has 0 saturated carbocycles. The number of carbonyl (C=O) groups excluding carboxylic acids is 1. The lowest BCUT2D eigenvalue weighted by Crippen LogP contribution is -2.27. The molecule has 18 heavy (non-hydrogen) atoms. The molecule has 0 saturated heterocycles. The maximum atomic E-state index is 11.6.